The molecular formula is C17H13ClN2O4S. The van der Waals surface area contributed by atoms with Gasteiger partial charge in [0, 0.05) is 11.8 Å². The minimum atomic E-state index is -0.462. The van der Waals surface area contributed by atoms with Crippen molar-refractivity contribution in [3.05, 3.63) is 69.7 Å². The highest BCUT2D eigenvalue weighted by Crippen LogP contribution is 2.28. The van der Waals surface area contributed by atoms with Gasteiger partial charge < -0.3 is 14.5 Å². The van der Waals surface area contributed by atoms with E-state index in [-0.39, 0.29) is 18.3 Å². The van der Waals surface area contributed by atoms with Crippen molar-refractivity contribution in [3.8, 4) is 0 Å². The average Bonchev–Trinajstić information content (AvgIpc) is 3.24. The zero-order chi connectivity index (χ0) is 17.8. The lowest BCUT2D eigenvalue weighted by Crippen LogP contribution is -2.09. The van der Waals surface area contributed by atoms with Crippen molar-refractivity contribution in [1.29, 1.82) is 0 Å². The van der Waals surface area contributed by atoms with E-state index in [0.717, 1.165) is 22.5 Å². The van der Waals surface area contributed by atoms with Gasteiger partial charge in [-0.3, -0.25) is 4.79 Å². The fraction of sp³-hybridized carbons (Fsp3) is 0.118. The van der Waals surface area contributed by atoms with Gasteiger partial charge >= 0.3 is 5.97 Å². The van der Waals surface area contributed by atoms with Gasteiger partial charge in [-0.2, -0.15) is 0 Å². The SMILES string of the molecule is Cc1cc(NC(=O)c2ccco2)sc1C(=O)OCc1ccc(Cl)nc1. The number of hydrogen-bond donors (Lipinski definition) is 1. The maximum absolute atomic E-state index is 12.2. The molecule has 0 saturated carbocycles. The van der Waals surface area contributed by atoms with Gasteiger partial charge in [0.2, 0.25) is 0 Å². The third kappa shape index (κ3) is 4.26. The molecule has 0 aliphatic carbocycles. The summed E-state index contributed by atoms with van der Waals surface area (Å²) in [6.45, 7) is 1.87. The van der Waals surface area contributed by atoms with Crippen LogP contribution in [-0.4, -0.2) is 16.9 Å². The van der Waals surface area contributed by atoms with Gasteiger partial charge in [-0.05, 0) is 36.8 Å². The molecule has 0 saturated heterocycles. The van der Waals surface area contributed by atoms with Crippen LogP contribution in [0.4, 0.5) is 5.00 Å². The normalized spacial score (nSPS) is 10.5. The minimum Gasteiger partial charge on any atom is -0.459 e. The Morgan fingerprint density at radius 1 is 1.36 bits per heavy atom. The predicted molar refractivity (Wildman–Crippen MR) is 94.1 cm³/mol. The Labute approximate surface area is 152 Å². The van der Waals surface area contributed by atoms with Crippen LogP contribution in [0.5, 0.6) is 0 Å². The van der Waals surface area contributed by atoms with Crippen molar-refractivity contribution in [3.63, 3.8) is 0 Å². The molecule has 6 nitrogen and oxygen atoms in total. The lowest BCUT2D eigenvalue weighted by atomic mass is 10.3. The van der Waals surface area contributed by atoms with E-state index in [1.54, 1.807) is 43.5 Å². The summed E-state index contributed by atoms with van der Waals surface area (Å²) >= 11 is 6.86. The lowest BCUT2D eigenvalue weighted by Gasteiger charge is -2.04. The van der Waals surface area contributed by atoms with E-state index in [0.29, 0.717) is 15.0 Å². The van der Waals surface area contributed by atoms with Crippen LogP contribution in [0, 0.1) is 6.92 Å². The number of esters is 1. The highest BCUT2D eigenvalue weighted by molar-refractivity contribution is 7.18. The van der Waals surface area contributed by atoms with Crippen molar-refractivity contribution in [2.45, 2.75) is 13.5 Å². The molecule has 128 valence electrons. The van der Waals surface area contributed by atoms with E-state index in [1.165, 1.54) is 6.26 Å². The van der Waals surface area contributed by atoms with Crippen LogP contribution >= 0.6 is 22.9 Å². The summed E-state index contributed by atoms with van der Waals surface area (Å²) in [4.78, 5) is 28.6. The molecule has 25 heavy (non-hydrogen) atoms. The summed E-state index contributed by atoms with van der Waals surface area (Å²) < 4.78 is 10.3. The maximum atomic E-state index is 12.2. The number of nitrogens with one attached hydrogen (secondary N) is 1. The zero-order valence-corrected chi connectivity index (χ0v) is 14.7. The van der Waals surface area contributed by atoms with Crippen LogP contribution in [0.2, 0.25) is 5.15 Å². The highest BCUT2D eigenvalue weighted by atomic mass is 35.5. The van der Waals surface area contributed by atoms with Crippen LogP contribution in [0.3, 0.4) is 0 Å². The van der Waals surface area contributed by atoms with Gasteiger partial charge in [0.15, 0.2) is 5.76 Å². The number of anilines is 1. The van der Waals surface area contributed by atoms with Gasteiger partial charge in [0.25, 0.3) is 5.91 Å². The fourth-order valence-electron chi connectivity index (χ4n) is 2.03. The number of amides is 1. The van der Waals surface area contributed by atoms with Gasteiger partial charge in [-0.25, -0.2) is 9.78 Å². The quantitative estimate of drug-likeness (QED) is 0.530. The number of rotatable bonds is 5. The van der Waals surface area contributed by atoms with Crippen molar-refractivity contribution in [1.82, 2.24) is 4.98 Å². The molecule has 1 N–H and O–H groups in total. The first-order chi connectivity index (χ1) is 12.0. The summed E-state index contributed by atoms with van der Waals surface area (Å²) in [6, 6.07) is 8.27. The summed E-state index contributed by atoms with van der Waals surface area (Å²) in [7, 11) is 0. The van der Waals surface area contributed by atoms with Gasteiger partial charge in [-0.1, -0.05) is 17.7 Å². The summed E-state index contributed by atoms with van der Waals surface area (Å²) in [5, 5.41) is 3.61. The number of pyridine rings is 1. The maximum Gasteiger partial charge on any atom is 0.348 e. The zero-order valence-electron chi connectivity index (χ0n) is 13.1. The number of furan rings is 1. The van der Waals surface area contributed by atoms with E-state index in [2.05, 4.69) is 10.3 Å². The molecule has 3 aromatic rings. The average molecular weight is 377 g/mol. The van der Waals surface area contributed by atoms with E-state index in [9.17, 15) is 9.59 Å². The van der Waals surface area contributed by atoms with E-state index in [1.807, 2.05) is 0 Å². The number of carbonyl (C=O) groups excluding carboxylic acids is 2. The number of aromatic nitrogens is 1. The molecule has 0 bridgehead atoms. The first-order valence-electron chi connectivity index (χ1n) is 7.26. The van der Waals surface area contributed by atoms with Crippen molar-refractivity contribution >= 4 is 39.8 Å². The molecule has 0 aliphatic rings. The second-order valence-electron chi connectivity index (χ2n) is 5.12. The van der Waals surface area contributed by atoms with Crippen LogP contribution in [0.25, 0.3) is 0 Å². The monoisotopic (exact) mass is 376 g/mol. The molecule has 0 atom stereocenters. The smallest absolute Gasteiger partial charge is 0.348 e. The third-order valence-electron chi connectivity index (χ3n) is 3.24. The second kappa shape index (κ2) is 7.50. The summed E-state index contributed by atoms with van der Waals surface area (Å²) in [5.74, 6) is -0.639. The summed E-state index contributed by atoms with van der Waals surface area (Å²) in [6.07, 6.45) is 2.97. The Bertz CT molecular complexity index is 888. The largest absolute Gasteiger partial charge is 0.459 e. The number of halogens is 1. The Hall–Kier alpha value is -2.64. The van der Waals surface area contributed by atoms with Gasteiger partial charge in [0.05, 0.1) is 11.3 Å². The Morgan fingerprint density at radius 3 is 2.88 bits per heavy atom. The molecule has 0 aromatic carbocycles. The van der Waals surface area contributed by atoms with Crippen molar-refractivity contribution in [2.24, 2.45) is 0 Å². The standard InChI is InChI=1S/C17H13ClN2O4S/c1-10-7-14(20-16(21)12-3-2-6-23-12)25-15(10)17(22)24-9-11-4-5-13(18)19-8-11/h2-8H,9H2,1H3,(H,20,21). The molecule has 0 fully saturated rings. The van der Waals surface area contributed by atoms with Crippen molar-refractivity contribution < 1.29 is 18.7 Å². The molecule has 0 spiro atoms. The first-order valence-corrected chi connectivity index (χ1v) is 8.45. The molecule has 0 unspecified atom stereocenters. The van der Waals surface area contributed by atoms with Gasteiger partial charge in [0.1, 0.15) is 16.6 Å². The Kier molecular flexibility index (Phi) is 5.16. The fourth-order valence-corrected chi connectivity index (χ4v) is 3.11. The number of thiophene rings is 1. The molecular weight excluding hydrogens is 364 g/mol. The lowest BCUT2D eigenvalue weighted by molar-refractivity contribution is 0.0477. The topological polar surface area (TPSA) is 81.4 Å². The van der Waals surface area contributed by atoms with Crippen LogP contribution in [0.1, 0.15) is 31.4 Å². The number of carbonyl (C=O) groups is 2. The van der Waals surface area contributed by atoms with Crippen LogP contribution in [-0.2, 0) is 11.3 Å². The van der Waals surface area contributed by atoms with Crippen LogP contribution < -0.4 is 5.32 Å². The molecule has 1 amide bonds. The molecule has 3 rings (SSSR count). The Balaban J connectivity index is 1.64. The van der Waals surface area contributed by atoms with E-state index >= 15 is 0 Å². The second-order valence-corrected chi connectivity index (χ2v) is 6.56. The number of nitrogens with zero attached hydrogens (tertiary/aromatic N) is 1. The molecule has 3 aromatic heterocycles. The molecule has 0 aliphatic heterocycles. The highest BCUT2D eigenvalue weighted by Gasteiger charge is 2.17. The van der Waals surface area contributed by atoms with E-state index < -0.39 is 5.97 Å². The number of aryl methyl sites for hydroxylation is 1. The van der Waals surface area contributed by atoms with Gasteiger partial charge in [-0.15, -0.1) is 11.3 Å². The molecule has 8 heteroatoms. The van der Waals surface area contributed by atoms with Crippen molar-refractivity contribution in [2.75, 3.05) is 5.32 Å². The van der Waals surface area contributed by atoms with E-state index in [4.69, 9.17) is 20.8 Å². The number of hydrogen-bond acceptors (Lipinski definition) is 6. The number of ether oxygens (including phenoxy) is 1. The third-order valence-corrected chi connectivity index (χ3v) is 4.60. The summed E-state index contributed by atoms with van der Waals surface area (Å²) in [5.41, 5.74) is 1.46. The Morgan fingerprint density at radius 2 is 2.20 bits per heavy atom. The molecule has 0 radical (unpaired) electrons. The first kappa shape index (κ1) is 17.2. The van der Waals surface area contributed by atoms with Crippen LogP contribution in [0.15, 0.2) is 47.2 Å². The molecule has 3 heterocycles. The predicted octanol–water partition coefficient (Wildman–Crippen LogP) is 4.31. The minimum absolute atomic E-state index is 0.0917.